The van der Waals surface area contributed by atoms with Crippen molar-refractivity contribution in [1.29, 1.82) is 0 Å². The fourth-order valence-electron chi connectivity index (χ4n) is 2.49. The molecule has 0 amide bonds. The lowest BCUT2D eigenvalue weighted by molar-refractivity contribution is 0.355. The Morgan fingerprint density at radius 1 is 1.38 bits per heavy atom. The number of phenolic OH excluding ortho intramolecular Hbond substituents is 1. The Labute approximate surface area is 94.0 Å². The molecule has 3 nitrogen and oxygen atoms in total. The molecule has 0 heterocycles. The summed E-state index contributed by atoms with van der Waals surface area (Å²) in [6.45, 7) is 0. The van der Waals surface area contributed by atoms with Crippen molar-refractivity contribution in [2.24, 2.45) is 5.73 Å². The molecule has 1 saturated carbocycles. The van der Waals surface area contributed by atoms with Gasteiger partial charge in [0, 0.05) is 17.7 Å². The summed E-state index contributed by atoms with van der Waals surface area (Å²) in [6.07, 6.45) is 3.64. The van der Waals surface area contributed by atoms with Gasteiger partial charge in [-0.05, 0) is 12.8 Å². The standard InChI is InChI=1S/C12H16FNO2/c1-16-10-7-8(13)6-9(15)11(10)12(14)4-2-3-5-12/h6-7,15H,2-5,14H2,1H3. The molecule has 1 aliphatic carbocycles. The van der Waals surface area contributed by atoms with Crippen molar-refractivity contribution in [3.63, 3.8) is 0 Å². The second-order valence-electron chi connectivity index (χ2n) is 4.37. The summed E-state index contributed by atoms with van der Waals surface area (Å²) in [6, 6.07) is 2.35. The van der Waals surface area contributed by atoms with E-state index in [-0.39, 0.29) is 5.75 Å². The average molecular weight is 225 g/mol. The van der Waals surface area contributed by atoms with Gasteiger partial charge in [0.25, 0.3) is 0 Å². The maximum absolute atomic E-state index is 13.1. The maximum Gasteiger partial charge on any atom is 0.130 e. The van der Waals surface area contributed by atoms with Crippen LogP contribution in [0.1, 0.15) is 31.2 Å². The van der Waals surface area contributed by atoms with Gasteiger partial charge in [-0.15, -0.1) is 0 Å². The quantitative estimate of drug-likeness (QED) is 0.811. The highest BCUT2D eigenvalue weighted by molar-refractivity contribution is 5.49. The first-order chi connectivity index (χ1) is 7.57. The molecule has 1 aromatic carbocycles. The fraction of sp³-hybridized carbons (Fsp3) is 0.500. The zero-order valence-electron chi connectivity index (χ0n) is 9.29. The van der Waals surface area contributed by atoms with Gasteiger partial charge in [-0.1, -0.05) is 12.8 Å². The number of benzene rings is 1. The maximum atomic E-state index is 13.1. The van der Waals surface area contributed by atoms with Crippen LogP contribution in [0.25, 0.3) is 0 Å². The minimum Gasteiger partial charge on any atom is -0.507 e. The van der Waals surface area contributed by atoms with Gasteiger partial charge in [-0.25, -0.2) is 4.39 Å². The number of ether oxygens (including phenoxy) is 1. The molecule has 0 radical (unpaired) electrons. The lowest BCUT2D eigenvalue weighted by Gasteiger charge is -2.27. The summed E-state index contributed by atoms with van der Waals surface area (Å²) >= 11 is 0. The first-order valence-electron chi connectivity index (χ1n) is 5.43. The number of halogens is 1. The van der Waals surface area contributed by atoms with E-state index in [9.17, 15) is 9.50 Å². The summed E-state index contributed by atoms with van der Waals surface area (Å²) in [5.74, 6) is -0.289. The second kappa shape index (κ2) is 3.94. The van der Waals surface area contributed by atoms with E-state index in [0.29, 0.717) is 11.3 Å². The van der Waals surface area contributed by atoms with Crippen molar-refractivity contribution in [2.45, 2.75) is 31.2 Å². The van der Waals surface area contributed by atoms with Crippen molar-refractivity contribution in [3.8, 4) is 11.5 Å². The van der Waals surface area contributed by atoms with Gasteiger partial charge in [0.1, 0.15) is 17.3 Å². The highest BCUT2D eigenvalue weighted by Crippen LogP contribution is 2.45. The van der Waals surface area contributed by atoms with Crippen LogP contribution in [0.2, 0.25) is 0 Å². The minimum absolute atomic E-state index is 0.110. The number of methoxy groups -OCH3 is 1. The SMILES string of the molecule is COc1cc(F)cc(O)c1C1(N)CCCC1. The largest absolute Gasteiger partial charge is 0.507 e. The summed E-state index contributed by atoms with van der Waals surface area (Å²) in [7, 11) is 1.45. The molecular formula is C12H16FNO2. The lowest BCUT2D eigenvalue weighted by Crippen LogP contribution is -2.33. The molecule has 3 N–H and O–H groups in total. The van der Waals surface area contributed by atoms with Crippen LogP contribution in [0.15, 0.2) is 12.1 Å². The van der Waals surface area contributed by atoms with Crippen LogP contribution in [0.3, 0.4) is 0 Å². The minimum atomic E-state index is -0.580. The Hall–Kier alpha value is -1.29. The van der Waals surface area contributed by atoms with E-state index in [1.54, 1.807) is 0 Å². The summed E-state index contributed by atoms with van der Waals surface area (Å²) in [5.41, 5.74) is 6.20. The van der Waals surface area contributed by atoms with Gasteiger partial charge in [-0.3, -0.25) is 0 Å². The molecule has 2 rings (SSSR count). The number of rotatable bonds is 2. The number of hydrogen-bond donors (Lipinski definition) is 2. The van der Waals surface area contributed by atoms with Crippen LogP contribution >= 0.6 is 0 Å². The Balaban J connectivity index is 2.54. The Bertz CT molecular complexity index is 400. The predicted octanol–water partition coefficient (Wildman–Crippen LogP) is 2.27. The van der Waals surface area contributed by atoms with E-state index in [0.717, 1.165) is 31.7 Å². The van der Waals surface area contributed by atoms with Crippen molar-refractivity contribution < 1.29 is 14.2 Å². The molecule has 0 aromatic heterocycles. The van der Waals surface area contributed by atoms with Gasteiger partial charge in [-0.2, -0.15) is 0 Å². The zero-order valence-corrected chi connectivity index (χ0v) is 9.29. The van der Waals surface area contributed by atoms with Crippen LogP contribution in [0.5, 0.6) is 11.5 Å². The third-order valence-electron chi connectivity index (χ3n) is 3.26. The van der Waals surface area contributed by atoms with Gasteiger partial charge < -0.3 is 15.6 Å². The number of aromatic hydroxyl groups is 1. The molecule has 16 heavy (non-hydrogen) atoms. The first-order valence-corrected chi connectivity index (χ1v) is 5.43. The predicted molar refractivity (Wildman–Crippen MR) is 59.0 cm³/mol. The average Bonchev–Trinajstić information content (AvgIpc) is 2.64. The first kappa shape index (κ1) is 11.2. The Morgan fingerprint density at radius 2 is 2.00 bits per heavy atom. The molecule has 0 atom stereocenters. The monoisotopic (exact) mass is 225 g/mol. The molecule has 0 aliphatic heterocycles. The Morgan fingerprint density at radius 3 is 2.56 bits per heavy atom. The number of phenols is 1. The molecular weight excluding hydrogens is 209 g/mol. The molecule has 0 saturated heterocycles. The normalized spacial score (nSPS) is 18.7. The lowest BCUT2D eigenvalue weighted by atomic mass is 9.88. The van der Waals surface area contributed by atoms with Crippen LogP contribution < -0.4 is 10.5 Å². The van der Waals surface area contributed by atoms with Crippen LogP contribution in [-0.4, -0.2) is 12.2 Å². The Kier molecular flexibility index (Phi) is 2.76. The van der Waals surface area contributed by atoms with Crippen molar-refractivity contribution in [2.75, 3.05) is 7.11 Å². The van der Waals surface area contributed by atoms with Crippen LogP contribution in [0.4, 0.5) is 4.39 Å². The van der Waals surface area contributed by atoms with Crippen molar-refractivity contribution >= 4 is 0 Å². The van der Waals surface area contributed by atoms with E-state index in [1.807, 2.05) is 0 Å². The van der Waals surface area contributed by atoms with E-state index < -0.39 is 11.4 Å². The zero-order chi connectivity index (χ0) is 11.8. The summed E-state index contributed by atoms with van der Waals surface area (Å²) in [4.78, 5) is 0. The number of hydrogen-bond acceptors (Lipinski definition) is 3. The number of nitrogens with two attached hydrogens (primary N) is 1. The van der Waals surface area contributed by atoms with E-state index in [1.165, 1.54) is 13.2 Å². The fourth-order valence-corrected chi connectivity index (χ4v) is 2.49. The molecule has 1 aromatic rings. The van der Waals surface area contributed by atoms with Crippen molar-refractivity contribution in [3.05, 3.63) is 23.5 Å². The van der Waals surface area contributed by atoms with Crippen LogP contribution in [0, 0.1) is 5.82 Å². The van der Waals surface area contributed by atoms with Crippen molar-refractivity contribution in [1.82, 2.24) is 0 Å². The molecule has 1 fully saturated rings. The molecule has 1 aliphatic rings. The highest BCUT2D eigenvalue weighted by Gasteiger charge is 2.36. The van der Waals surface area contributed by atoms with Gasteiger partial charge in [0.05, 0.1) is 12.7 Å². The van der Waals surface area contributed by atoms with Gasteiger partial charge in [0.15, 0.2) is 0 Å². The topological polar surface area (TPSA) is 55.5 Å². The van der Waals surface area contributed by atoms with E-state index >= 15 is 0 Å². The third kappa shape index (κ3) is 1.73. The molecule has 88 valence electrons. The summed E-state index contributed by atoms with van der Waals surface area (Å²) < 4.78 is 18.2. The second-order valence-corrected chi connectivity index (χ2v) is 4.37. The summed E-state index contributed by atoms with van der Waals surface area (Å²) in [5, 5.41) is 9.83. The molecule has 0 unspecified atom stereocenters. The molecule has 0 spiro atoms. The van der Waals surface area contributed by atoms with Gasteiger partial charge in [0.2, 0.25) is 0 Å². The molecule has 0 bridgehead atoms. The van der Waals surface area contributed by atoms with E-state index in [4.69, 9.17) is 10.5 Å². The van der Waals surface area contributed by atoms with Crippen LogP contribution in [-0.2, 0) is 5.54 Å². The highest BCUT2D eigenvalue weighted by atomic mass is 19.1. The third-order valence-corrected chi connectivity index (χ3v) is 3.26. The van der Waals surface area contributed by atoms with Gasteiger partial charge >= 0.3 is 0 Å². The molecule has 4 heteroatoms. The van der Waals surface area contributed by atoms with E-state index in [2.05, 4.69) is 0 Å². The smallest absolute Gasteiger partial charge is 0.130 e.